The van der Waals surface area contributed by atoms with Gasteiger partial charge in [0.25, 0.3) is 0 Å². The van der Waals surface area contributed by atoms with Gasteiger partial charge in [0.05, 0.1) is 28.6 Å². The first-order valence-corrected chi connectivity index (χ1v) is 11.8. The molecule has 0 saturated carbocycles. The van der Waals surface area contributed by atoms with Crippen LogP contribution in [-0.4, -0.2) is 33.1 Å². The van der Waals surface area contributed by atoms with Crippen molar-refractivity contribution in [1.29, 1.82) is 0 Å². The molecule has 1 fully saturated rings. The largest absolute Gasteiger partial charge is 0.491 e. The second kappa shape index (κ2) is 7.71. The summed E-state index contributed by atoms with van der Waals surface area (Å²) in [5.41, 5.74) is 5.45. The molecule has 2 aliphatic rings. The quantitative estimate of drug-likeness (QED) is 0.481. The zero-order chi connectivity index (χ0) is 23.5. The van der Waals surface area contributed by atoms with Crippen LogP contribution in [0.2, 0.25) is 0 Å². The van der Waals surface area contributed by atoms with E-state index in [1.165, 1.54) is 0 Å². The molecule has 0 bridgehead atoms. The first-order chi connectivity index (χ1) is 15.6. The molecule has 1 aromatic carbocycles. The van der Waals surface area contributed by atoms with Gasteiger partial charge in [-0.2, -0.15) is 5.10 Å². The Morgan fingerprint density at radius 1 is 1.12 bits per heavy atom. The molecule has 0 amide bonds. The molecule has 2 aliphatic heterocycles. The molecule has 2 aromatic heterocycles. The standard InChI is InChI=1S/C26H32BN3O3/c1-8-20(27-32-25(4,5)26(6,7)33-27)24-18-10-9-11-28-21(18)15-31-23-13-22-17(12-19(23)24)14-29-30(22)16(2)3/h9-14,16H,8,15H2,1-7H3/b24-20+. The van der Waals surface area contributed by atoms with Gasteiger partial charge >= 0.3 is 7.12 Å². The summed E-state index contributed by atoms with van der Waals surface area (Å²) < 4.78 is 21.4. The fourth-order valence-electron chi connectivity index (χ4n) is 4.66. The third kappa shape index (κ3) is 3.49. The molecule has 172 valence electrons. The van der Waals surface area contributed by atoms with Gasteiger partial charge in [-0.15, -0.1) is 0 Å². The summed E-state index contributed by atoms with van der Waals surface area (Å²) in [6, 6.07) is 8.67. The predicted octanol–water partition coefficient (Wildman–Crippen LogP) is 5.75. The monoisotopic (exact) mass is 445 g/mol. The van der Waals surface area contributed by atoms with E-state index in [9.17, 15) is 0 Å². The molecule has 6 nitrogen and oxygen atoms in total. The van der Waals surface area contributed by atoms with Gasteiger partial charge in [0.1, 0.15) is 12.4 Å². The summed E-state index contributed by atoms with van der Waals surface area (Å²) in [5, 5.41) is 5.71. The topological polar surface area (TPSA) is 58.4 Å². The van der Waals surface area contributed by atoms with Crippen LogP contribution in [0.3, 0.4) is 0 Å². The van der Waals surface area contributed by atoms with Gasteiger partial charge in [0, 0.05) is 34.8 Å². The fourth-order valence-corrected chi connectivity index (χ4v) is 4.66. The lowest BCUT2D eigenvalue weighted by Crippen LogP contribution is -2.41. The van der Waals surface area contributed by atoms with E-state index in [2.05, 4.69) is 76.7 Å². The van der Waals surface area contributed by atoms with Crippen LogP contribution in [0.5, 0.6) is 5.75 Å². The number of fused-ring (bicyclic) bond motifs is 3. The molecule has 0 N–H and O–H groups in total. The molecule has 0 spiro atoms. The molecule has 0 aliphatic carbocycles. The number of hydrogen-bond donors (Lipinski definition) is 0. The predicted molar refractivity (Wildman–Crippen MR) is 131 cm³/mol. The summed E-state index contributed by atoms with van der Waals surface area (Å²) in [6.07, 6.45) is 4.54. The van der Waals surface area contributed by atoms with Crippen molar-refractivity contribution < 1.29 is 14.0 Å². The maximum Gasteiger partial charge on any atom is 0.491 e. The SMILES string of the molecule is CC/C(B1OC(C)(C)C(C)(C)O1)=C1\c2cc3cnn(C(C)C)c3cc2OCc2ncccc21. The summed E-state index contributed by atoms with van der Waals surface area (Å²) in [5.74, 6) is 0.834. The maximum atomic E-state index is 6.51. The number of allylic oxidation sites excluding steroid dienone is 1. The third-order valence-electron chi connectivity index (χ3n) is 7.22. The van der Waals surface area contributed by atoms with Gasteiger partial charge in [0.15, 0.2) is 0 Å². The fraction of sp³-hybridized carbons (Fsp3) is 0.462. The van der Waals surface area contributed by atoms with Crippen LogP contribution in [0.1, 0.15) is 77.7 Å². The second-order valence-corrected chi connectivity index (χ2v) is 10.2. The first kappa shape index (κ1) is 22.2. The lowest BCUT2D eigenvalue weighted by molar-refractivity contribution is 0.00578. The van der Waals surface area contributed by atoms with Crippen molar-refractivity contribution >= 4 is 23.6 Å². The Bertz CT molecular complexity index is 1240. The molecule has 33 heavy (non-hydrogen) atoms. The van der Waals surface area contributed by atoms with E-state index in [1.54, 1.807) is 0 Å². The minimum atomic E-state index is -0.442. The average molecular weight is 445 g/mol. The highest BCUT2D eigenvalue weighted by Gasteiger charge is 2.52. The first-order valence-electron chi connectivity index (χ1n) is 11.8. The highest BCUT2D eigenvalue weighted by Crippen LogP contribution is 2.45. The van der Waals surface area contributed by atoms with Crippen LogP contribution in [0.25, 0.3) is 16.5 Å². The summed E-state index contributed by atoms with van der Waals surface area (Å²) in [7, 11) is -0.442. The van der Waals surface area contributed by atoms with E-state index < -0.39 is 18.3 Å². The normalized spacial score (nSPS) is 20.4. The van der Waals surface area contributed by atoms with Gasteiger partial charge in [-0.3, -0.25) is 9.67 Å². The van der Waals surface area contributed by atoms with Crippen molar-refractivity contribution in [3.8, 4) is 5.75 Å². The van der Waals surface area contributed by atoms with E-state index >= 15 is 0 Å². The average Bonchev–Trinajstić information content (AvgIpc) is 3.21. The molecule has 5 rings (SSSR count). The minimum absolute atomic E-state index is 0.260. The minimum Gasteiger partial charge on any atom is -0.487 e. The van der Waals surface area contributed by atoms with E-state index in [0.717, 1.165) is 50.9 Å². The lowest BCUT2D eigenvalue weighted by atomic mass is 9.70. The maximum absolute atomic E-state index is 6.51. The van der Waals surface area contributed by atoms with Gasteiger partial charge in [-0.05, 0) is 71.1 Å². The molecule has 0 radical (unpaired) electrons. The number of benzene rings is 1. The van der Waals surface area contributed by atoms with E-state index in [4.69, 9.17) is 14.0 Å². The van der Waals surface area contributed by atoms with Gasteiger partial charge in [0.2, 0.25) is 0 Å². The van der Waals surface area contributed by atoms with Gasteiger partial charge in [-0.25, -0.2) is 0 Å². The Morgan fingerprint density at radius 2 is 1.85 bits per heavy atom. The Hall–Kier alpha value is -2.64. The zero-order valence-corrected chi connectivity index (χ0v) is 20.6. The van der Waals surface area contributed by atoms with E-state index in [0.29, 0.717) is 6.61 Å². The Balaban J connectivity index is 1.78. The number of rotatable bonds is 3. The number of ether oxygens (including phenoxy) is 1. The third-order valence-corrected chi connectivity index (χ3v) is 7.22. The molecule has 3 aromatic rings. The van der Waals surface area contributed by atoms with Crippen LogP contribution in [-0.2, 0) is 15.9 Å². The Labute approximate surface area is 196 Å². The van der Waals surface area contributed by atoms with Gasteiger partial charge < -0.3 is 14.0 Å². The highest BCUT2D eigenvalue weighted by atomic mass is 16.7. The van der Waals surface area contributed by atoms with Crippen molar-refractivity contribution in [2.75, 3.05) is 0 Å². The molecule has 1 saturated heterocycles. The van der Waals surface area contributed by atoms with Crippen LogP contribution in [0.15, 0.2) is 42.1 Å². The van der Waals surface area contributed by atoms with E-state index in [-0.39, 0.29) is 6.04 Å². The summed E-state index contributed by atoms with van der Waals surface area (Å²) in [4.78, 5) is 4.66. The van der Waals surface area contributed by atoms with Gasteiger partial charge in [-0.1, -0.05) is 13.0 Å². The van der Waals surface area contributed by atoms with Crippen LogP contribution in [0, 0.1) is 0 Å². The van der Waals surface area contributed by atoms with Crippen molar-refractivity contribution in [2.24, 2.45) is 0 Å². The van der Waals surface area contributed by atoms with Crippen LogP contribution in [0.4, 0.5) is 0 Å². The Morgan fingerprint density at radius 3 is 2.52 bits per heavy atom. The van der Waals surface area contributed by atoms with Crippen molar-refractivity contribution in [3.05, 3.63) is 59.0 Å². The molecule has 0 unspecified atom stereocenters. The molecule has 4 heterocycles. The number of aromatic nitrogens is 3. The van der Waals surface area contributed by atoms with Crippen LogP contribution >= 0.6 is 0 Å². The van der Waals surface area contributed by atoms with Crippen molar-refractivity contribution in [1.82, 2.24) is 14.8 Å². The highest BCUT2D eigenvalue weighted by molar-refractivity contribution is 6.56. The molecular formula is C26H32BN3O3. The molecule has 0 atom stereocenters. The van der Waals surface area contributed by atoms with Crippen molar-refractivity contribution in [3.63, 3.8) is 0 Å². The molecular weight excluding hydrogens is 413 g/mol. The summed E-state index contributed by atoms with van der Waals surface area (Å²) >= 11 is 0. The van der Waals surface area contributed by atoms with Crippen molar-refractivity contribution in [2.45, 2.75) is 78.7 Å². The van der Waals surface area contributed by atoms with Crippen LogP contribution < -0.4 is 4.74 Å². The molecule has 7 heteroatoms. The number of nitrogens with zero attached hydrogens (tertiary/aromatic N) is 3. The number of hydrogen-bond acceptors (Lipinski definition) is 5. The van der Waals surface area contributed by atoms with E-state index in [1.807, 2.05) is 23.1 Å². The number of pyridine rings is 1. The second-order valence-electron chi connectivity index (χ2n) is 10.2. The zero-order valence-electron chi connectivity index (χ0n) is 20.6. The Kier molecular flexibility index (Phi) is 5.18. The smallest absolute Gasteiger partial charge is 0.487 e. The lowest BCUT2D eigenvalue weighted by Gasteiger charge is -2.32. The summed E-state index contributed by atoms with van der Waals surface area (Å²) in [6.45, 7) is 15.2.